The largest absolute Gasteiger partial charge is 4.00 e. The smallest absolute Gasteiger partial charge is 2.00 e. The fourth-order valence-electron chi connectivity index (χ4n) is 0. The van der Waals surface area contributed by atoms with Gasteiger partial charge in [0.15, 0.2) is 0 Å². The summed E-state index contributed by atoms with van der Waals surface area (Å²) in [5.74, 6) is 0. The molecule has 2 nitrogen and oxygen atoms in total. The molecule has 0 aromatic heterocycles. The molecule has 6 heteroatoms. The van der Waals surface area contributed by atoms with Gasteiger partial charge in [-0.2, -0.15) is 0 Å². The Bertz CT molecular complexity index is 13.5. The molecular weight excluding hydrogens is 333 g/mol. The molecule has 6 heavy (non-hydrogen) atoms. The van der Waals surface area contributed by atoms with Crippen molar-refractivity contribution in [2.45, 2.75) is 0 Å². The van der Waals surface area contributed by atoms with Crippen LogP contribution in [0.3, 0.4) is 0 Å². The third kappa shape index (κ3) is 26.8. The zero-order chi connectivity index (χ0) is 0. The van der Waals surface area contributed by atoms with Gasteiger partial charge >= 0.3 is 70.6 Å². The van der Waals surface area contributed by atoms with E-state index in [1.54, 1.807) is 0 Å². The molecule has 0 aromatic carbocycles. The van der Waals surface area contributed by atoms with Gasteiger partial charge in [-0.25, -0.2) is 0 Å². The molecule has 0 bridgehead atoms. The van der Waals surface area contributed by atoms with E-state index in [9.17, 15) is 0 Å². The van der Waals surface area contributed by atoms with E-state index in [1.165, 1.54) is 0 Å². The third-order valence-electron chi connectivity index (χ3n) is 0. The van der Waals surface area contributed by atoms with Gasteiger partial charge in [0.25, 0.3) is 0 Å². The van der Waals surface area contributed by atoms with Crippen molar-refractivity contribution in [2.75, 3.05) is 0 Å². The second kappa shape index (κ2) is 41.0. The van der Waals surface area contributed by atoms with Crippen LogP contribution in [-0.4, -0.2) is 48.9 Å². The zero-order valence-corrected chi connectivity index (χ0v) is 5.80. The molecule has 0 saturated heterocycles. The fraction of sp³-hybridized carbons (Fsp3) is 0. The predicted molar refractivity (Wildman–Crippen MR) is 9.92 cm³/mol. The quantitative estimate of drug-likeness (QED) is 0.502. The minimum Gasteiger partial charge on any atom is -2.00 e. The monoisotopic (exact) mass is 335 g/mol. The molecular formula is H2BaCrCuO2Ti. The molecule has 0 spiro atoms. The average molecular weight is 335 g/mol. The normalized spacial score (nSPS) is 0. The van der Waals surface area contributed by atoms with Crippen molar-refractivity contribution < 1.29 is 67.1 Å². The molecule has 0 N–H and O–H groups in total. The Hall–Kier alpha value is 3.26. The molecule has 0 rings (SSSR count). The molecule has 0 heterocycles. The molecule has 0 amide bonds. The molecule has 0 fully saturated rings. The Labute approximate surface area is 113 Å². The Balaban J connectivity index is 0. The van der Waals surface area contributed by atoms with Crippen LogP contribution < -0.4 is 0 Å². The molecule has 0 aromatic rings. The van der Waals surface area contributed by atoms with E-state index in [2.05, 4.69) is 0 Å². The first kappa shape index (κ1) is 59.5. The topological polar surface area (TPSA) is 57.0 Å². The summed E-state index contributed by atoms with van der Waals surface area (Å²) in [6, 6.07) is 0. The van der Waals surface area contributed by atoms with E-state index in [0.29, 0.717) is 0 Å². The van der Waals surface area contributed by atoms with Crippen molar-refractivity contribution in [2.24, 2.45) is 0 Å². The molecule has 0 atom stereocenters. The van der Waals surface area contributed by atoms with Gasteiger partial charge in [-0.05, 0) is 0 Å². The van der Waals surface area contributed by atoms with Crippen molar-refractivity contribution in [1.29, 1.82) is 0 Å². The summed E-state index contributed by atoms with van der Waals surface area (Å²) >= 11 is 0. The fourth-order valence-corrected chi connectivity index (χ4v) is 0. The van der Waals surface area contributed by atoms with Crippen molar-refractivity contribution in [3.05, 3.63) is 0 Å². The molecule has 1 radical (unpaired) electrons. The van der Waals surface area contributed by atoms with E-state index in [4.69, 9.17) is 0 Å². The Kier molecular flexibility index (Phi) is 406. The van der Waals surface area contributed by atoms with E-state index in [1.807, 2.05) is 0 Å². The SMILES string of the molecule is [BaH2].[Cr].[Cu].[O-2].[O-2].[Ti+4]. The second-order valence-corrected chi connectivity index (χ2v) is 0. The van der Waals surface area contributed by atoms with Crippen LogP contribution in [-0.2, 0) is 67.1 Å². The van der Waals surface area contributed by atoms with Crippen molar-refractivity contribution in [3.8, 4) is 0 Å². The number of rotatable bonds is 0. The summed E-state index contributed by atoms with van der Waals surface area (Å²) in [7, 11) is 0. The van der Waals surface area contributed by atoms with Crippen LogP contribution in [0.1, 0.15) is 0 Å². The van der Waals surface area contributed by atoms with Crippen molar-refractivity contribution in [3.63, 3.8) is 0 Å². The van der Waals surface area contributed by atoms with Gasteiger partial charge < -0.3 is 11.0 Å². The summed E-state index contributed by atoms with van der Waals surface area (Å²) in [6.45, 7) is 0. The summed E-state index contributed by atoms with van der Waals surface area (Å²) in [5.41, 5.74) is 0. The Morgan fingerprint density at radius 2 is 0.833 bits per heavy atom. The van der Waals surface area contributed by atoms with Gasteiger partial charge in [0.05, 0.1) is 0 Å². The maximum atomic E-state index is 0. The summed E-state index contributed by atoms with van der Waals surface area (Å²) in [4.78, 5) is 0. The zero-order valence-electron chi connectivity index (χ0n) is 2.03. The molecule has 0 saturated carbocycles. The van der Waals surface area contributed by atoms with Crippen LogP contribution in [0.5, 0.6) is 0 Å². The van der Waals surface area contributed by atoms with Gasteiger partial charge in [-0.15, -0.1) is 0 Å². The maximum Gasteiger partial charge on any atom is 4.00 e. The average Bonchev–Trinajstić information content (AvgIpc) is 0. The van der Waals surface area contributed by atoms with Gasteiger partial charge in [0.2, 0.25) is 0 Å². The Morgan fingerprint density at radius 1 is 0.833 bits per heavy atom. The van der Waals surface area contributed by atoms with E-state index in [-0.39, 0.29) is 116 Å². The first-order chi connectivity index (χ1) is 0. The number of hydrogen-bond acceptors (Lipinski definition) is 0. The molecule has 0 unspecified atom stereocenters. The molecule has 0 aliphatic carbocycles. The summed E-state index contributed by atoms with van der Waals surface area (Å²) < 4.78 is 0. The number of hydrogen-bond donors (Lipinski definition) is 0. The predicted octanol–water partition coefficient (Wildman–Crippen LogP) is -1.16. The van der Waals surface area contributed by atoms with Crippen LogP contribution in [0.15, 0.2) is 0 Å². The minimum absolute atomic E-state index is 0. The molecule has 0 aliphatic rings. The van der Waals surface area contributed by atoms with E-state index in [0.717, 1.165) is 0 Å². The molecule has 37 valence electrons. The van der Waals surface area contributed by atoms with E-state index < -0.39 is 0 Å². The molecule has 0 aliphatic heterocycles. The maximum absolute atomic E-state index is 0. The first-order valence-corrected chi connectivity index (χ1v) is 0. The van der Waals surface area contributed by atoms with Crippen LogP contribution in [0.4, 0.5) is 0 Å². The summed E-state index contributed by atoms with van der Waals surface area (Å²) in [5, 5.41) is 0. The van der Waals surface area contributed by atoms with Crippen LogP contribution in [0.25, 0.3) is 0 Å². The van der Waals surface area contributed by atoms with Crippen LogP contribution in [0.2, 0.25) is 0 Å². The third-order valence-corrected chi connectivity index (χ3v) is 0. The minimum atomic E-state index is 0. The van der Waals surface area contributed by atoms with Gasteiger partial charge in [0, 0.05) is 34.4 Å². The van der Waals surface area contributed by atoms with E-state index >= 15 is 0 Å². The summed E-state index contributed by atoms with van der Waals surface area (Å²) in [6.07, 6.45) is 0. The first-order valence-electron chi connectivity index (χ1n) is 0. The standard InChI is InChI=1S/Ba.Cr.Cu.2O.Ti.2H/q;;;2*-2;+4;;. The van der Waals surface area contributed by atoms with Crippen LogP contribution in [0, 0.1) is 0 Å². The Morgan fingerprint density at radius 3 is 0.833 bits per heavy atom. The van der Waals surface area contributed by atoms with Crippen LogP contribution >= 0.6 is 0 Å². The van der Waals surface area contributed by atoms with Gasteiger partial charge in [0.1, 0.15) is 0 Å². The second-order valence-electron chi connectivity index (χ2n) is 0. The van der Waals surface area contributed by atoms with Crippen molar-refractivity contribution >= 4 is 48.9 Å². The van der Waals surface area contributed by atoms with Gasteiger partial charge in [-0.3, -0.25) is 0 Å². The van der Waals surface area contributed by atoms with Gasteiger partial charge in [-0.1, -0.05) is 0 Å². The van der Waals surface area contributed by atoms with Crippen molar-refractivity contribution in [1.82, 2.24) is 0 Å².